The summed E-state index contributed by atoms with van der Waals surface area (Å²) in [5.41, 5.74) is 2.98. The first-order chi connectivity index (χ1) is 10.3. The van der Waals surface area contributed by atoms with E-state index >= 15 is 0 Å². The topological polar surface area (TPSA) is 26.0 Å². The van der Waals surface area contributed by atoms with Gasteiger partial charge in [-0.05, 0) is 34.7 Å². The minimum atomic E-state index is -0.589. The van der Waals surface area contributed by atoms with Crippen molar-refractivity contribution in [1.29, 1.82) is 0 Å². The third-order valence-corrected chi connectivity index (χ3v) is 3.65. The Morgan fingerprint density at radius 1 is 1.05 bits per heavy atom. The molecule has 0 unspecified atom stereocenters. The first-order valence-electron chi connectivity index (χ1n) is 7.17. The Morgan fingerprint density at radius 2 is 1.82 bits per heavy atom. The highest BCUT2D eigenvalue weighted by molar-refractivity contribution is 5.73. The molecule has 3 rings (SSSR count). The van der Waals surface area contributed by atoms with E-state index in [-0.39, 0.29) is 11.8 Å². The molecule has 0 aliphatic heterocycles. The molecule has 0 amide bonds. The van der Waals surface area contributed by atoms with Crippen molar-refractivity contribution in [3.63, 3.8) is 0 Å². The number of benzene rings is 2. The van der Waals surface area contributed by atoms with Gasteiger partial charge in [0.05, 0.1) is 6.42 Å². The van der Waals surface area contributed by atoms with Crippen LogP contribution in [0.15, 0.2) is 40.8 Å². The van der Waals surface area contributed by atoms with Gasteiger partial charge in [-0.1, -0.05) is 32.9 Å². The molecule has 1 heterocycles. The van der Waals surface area contributed by atoms with E-state index in [1.54, 1.807) is 0 Å². The molecule has 0 spiro atoms. The van der Waals surface area contributed by atoms with E-state index in [0.717, 1.165) is 17.1 Å². The van der Waals surface area contributed by atoms with Gasteiger partial charge in [0.25, 0.3) is 0 Å². The molecule has 0 saturated heterocycles. The Morgan fingerprint density at radius 3 is 2.50 bits per heavy atom. The number of nitrogens with zero attached hydrogens (tertiary/aromatic N) is 1. The molecule has 0 bridgehead atoms. The summed E-state index contributed by atoms with van der Waals surface area (Å²) in [5.74, 6) is -0.752. The SMILES string of the molecule is CC(C)(C)c1ccc2oc(Cc3ccc(F)cc3F)nc2c1. The van der Waals surface area contributed by atoms with Gasteiger partial charge in [0, 0.05) is 6.07 Å². The lowest BCUT2D eigenvalue weighted by Gasteiger charge is -2.18. The zero-order valence-electron chi connectivity index (χ0n) is 12.8. The highest BCUT2D eigenvalue weighted by atomic mass is 19.1. The average molecular weight is 301 g/mol. The molecule has 0 aliphatic rings. The molecule has 0 saturated carbocycles. The number of fused-ring (bicyclic) bond motifs is 1. The van der Waals surface area contributed by atoms with Crippen LogP contribution in [-0.2, 0) is 11.8 Å². The number of hydrogen-bond acceptors (Lipinski definition) is 2. The van der Waals surface area contributed by atoms with Crippen LogP contribution in [0.1, 0.15) is 37.8 Å². The fourth-order valence-corrected chi connectivity index (χ4v) is 2.35. The van der Waals surface area contributed by atoms with Crippen LogP contribution in [0.3, 0.4) is 0 Å². The fourth-order valence-electron chi connectivity index (χ4n) is 2.35. The summed E-state index contributed by atoms with van der Waals surface area (Å²) in [6.07, 6.45) is 0.200. The minimum absolute atomic E-state index is 0.0242. The Labute approximate surface area is 127 Å². The van der Waals surface area contributed by atoms with E-state index in [9.17, 15) is 8.78 Å². The van der Waals surface area contributed by atoms with Crippen molar-refractivity contribution in [3.05, 3.63) is 65.1 Å². The molecular formula is C18H17F2NO. The minimum Gasteiger partial charge on any atom is -0.440 e. The number of hydrogen-bond donors (Lipinski definition) is 0. The van der Waals surface area contributed by atoms with Crippen molar-refractivity contribution in [2.45, 2.75) is 32.6 Å². The summed E-state index contributed by atoms with van der Waals surface area (Å²) in [7, 11) is 0. The Bertz CT molecular complexity index is 831. The lowest BCUT2D eigenvalue weighted by Crippen LogP contribution is -2.10. The predicted molar refractivity (Wildman–Crippen MR) is 81.9 cm³/mol. The predicted octanol–water partition coefficient (Wildman–Crippen LogP) is 4.99. The Kier molecular flexibility index (Phi) is 3.47. The number of rotatable bonds is 2. The first kappa shape index (κ1) is 14.7. The lowest BCUT2D eigenvalue weighted by atomic mass is 9.87. The van der Waals surface area contributed by atoms with Gasteiger partial charge in [-0.25, -0.2) is 13.8 Å². The van der Waals surface area contributed by atoms with Crippen molar-refractivity contribution in [1.82, 2.24) is 4.98 Å². The standard InChI is InChI=1S/C18H17F2NO/c1-18(2,3)12-5-7-16-15(9-12)21-17(22-16)8-11-4-6-13(19)10-14(11)20/h4-7,9-10H,8H2,1-3H3. The Hall–Kier alpha value is -2.23. The van der Waals surface area contributed by atoms with E-state index in [2.05, 4.69) is 25.8 Å². The second-order valence-electron chi connectivity index (χ2n) is 6.45. The normalized spacial score (nSPS) is 12.0. The molecule has 2 aromatic carbocycles. The molecular weight excluding hydrogens is 284 g/mol. The van der Waals surface area contributed by atoms with Crippen LogP contribution in [-0.4, -0.2) is 4.98 Å². The van der Waals surface area contributed by atoms with Crippen molar-refractivity contribution in [2.24, 2.45) is 0 Å². The zero-order valence-corrected chi connectivity index (χ0v) is 12.8. The van der Waals surface area contributed by atoms with E-state index < -0.39 is 11.6 Å². The maximum atomic E-state index is 13.7. The summed E-state index contributed by atoms with van der Waals surface area (Å²) in [6.45, 7) is 6.38. The van der Waals surface area contributed by atoms with Gasteiger partial charge in [0.15, 0.2) is 11.5 Å². The quantitative estimate of drug-likeness (QED) is 0.666. The smallest absolute Gasteiger partial charge is 0.200 e. The van der Waals surface area contributed by atoms with Gasteiger partial charge >= 0.3 is 0 Å². The third kappa shape index (κ3) is 2.86. The van der Waals surface area contributed by atoms with Crippen LogP contribution in [0.5, 0.6) is 0 Å². The van der Waals surface area contributed by atoms with E-state index in [4.69, 9.17) is 4.42 Å². The largest absolute Gasteiger partial charge is 0.440 e. The van der Waals surface area contributed by atoms with Crippen LogP contribution in [0.2, 0.25) is 0 Å². The monoisotopic (exact) mass is 301 g/mol. The molecule has 0 N–H and O–H groups in total. The lowest BCUT2D eigenvalue weighted by molar-refractivity contribution is 0.529. The molecule has 1 aromatic heterocycles. The van der Waals surface area contributed by atoms with Gasteiger partial charge < -0.3 is 4.42 Å². The molecule has 22 heavy (non-hydrogen) atoms. The second kappa shape index (κ2) is 5.20. The molecule has 0 atom stereocenters. The van der Waals surface area contributed by atoms with Gasteiger partial charge in [-0.3, -0.25) is 0 Å². The van der Waals surface area contributed by atoms with Gasteiger partial charge in [-0.15, -0.1) is 0 Å². The van der Waals surface area contributed by atoms with Crippen LogP contribution in [0.25, 0.3) is 11.1 Å². The maximum Gasteiger partial charge on any atom is 0.200 e. The average Bonchev–Trinajstić information content (AvgIpc) is 2.82. The van der Waals surface area contributed by atoms with Crippen LogP contribution in [0, 0.1) is 11.6 Å². The van der Waals surface area contributed by atoms with Crippen molar-refractivity contribution < 1.29 is 13.2 Å². The van der Waals surface area contributed by atoms with Crippen molar-refractivity contribution in [3.8, 4) is 0 Å². The molecule has 114 valence electrons. The van der Waals surface area contributed by atoms with Gasteiger partial charge in [-0.2, -0.15) is 0 Å². The molecule has 4 heteroatoms. The molecule has 3 aromatic rings. The van der Waals surface area contributed by atoms with Crippen LogP contribution in [0.4, 0.5) is 8.78 Å². The third-order valence-electron chi connectivity index (χ3n) is 3.65. The summed E-state index contributed by atoms with van der Waals surface area (Å²) in [6, 6.07) is 9.40. The maximum absolute atomic E-state index is 13.7. The molecule has 2 nitrogen and oxygen atoms in total. The molecule has 0 fully saturated rings. The van der Waals surface area contributed by atoms with Crippen molar-refractivity contribution in [2.75, 3.05) is 0 Å². The summed E-state index contributed by atoms with van der Waals surface area (Å²) < 4.78 is 32.3. The zero-order chi connectivity index (χ0) is 15.9. The van der Waals surface area contributed by atoms with Crippen LogP contribution < -0.4 is 0 Å². The van der Waals surface area contributed by atoms with E-state index in [0.29, 0.717) is 17.0 Å². The molecule has 0 aliphatic carbocycles. The van der Waals surface area contributed by atoms with Gasteiger partial charge in [0.2, 0.25) is 0 Å². The van der Waals surface area contributed by atoms with Crippen molar-refractivity contribution >= 4 is 11.1 Å². The van der Waals surface area contributed by atoms with E-state index in [1.807, 2.05) is 18.2 Å². The summed E-state index contributed by atoms with van der Waals surface area (Å²) in [4.78, 5) is 4.42. The van der Waals surface area contributed by atoms with Crippen LogP contribution >= 0.6 is 0 Å². The van der Waals surface area contributed by atoms with E-state index in [1.165, 1.54) is 12.1 Å². The summed E-state index contributed by atoms with van der Waals surface area (Å²) in [5, 5.41) is 0. The Balaban J connectivity index is 1.95. The summed E-state index contributed by atoms with van der Waals surface area (Å²) >= 11 is 0. The highest BCUT2D eigenvalue weighted by Gasteiger charge is 2.16. The number of oxazole rings is 1. The first-order valence-corrected chi connectivity index (χ1v) is 7.17. The number of aromatic nitrogens is 1. The second-order valence-corrected chi connectivity index (χ2v) is 6.45. The highest BCUT2D eigenvalue weighted by Crippen LogP contribution is 2.27. The number of halogens is 2. The van der Waals surface area contributed by atoms with Gasteiger partial charge in [0.1, 0.15) is 17.2 Å². The fraction of sp³-hybridized carbons (Fsp3) is 0.278. The molecule has 0 radical (unpaired) electrons.